The van der Waals surface area contributed by atoms with Crippen LogP contribution in [-0.2, 0) is 12.0 Å². The number of hydrogen-bond donors (Lipinski definition) is 1. The number of aliphatic hydroxyl groups is 1. The molecule has 0 saturated carbocycles. The van der Waals surface area contributed by atoms with Crippen LogP contribution in [0.15, 0.2) is 48.5 Å². The van der Waals surface area contributed by atoms with Crippen molar-refractivity contribution < 1.29 is 9.84 Å². The Morgan fingerprint density at radius 3 is 2.24 bits per heavy atom. The maximum Gasteiger partial charge on any atom is 0.124 e. The molecule has 2 aromatic carbocycles. The third-order valence-electron chi connectivity index (χ3n) is 3.88. The van der Waals surface area contributed by atoms with Gasteiger partial charge in [0.25, 0.3) is 0 Å². The normalized spacial score (nSPS) is 14.0. The van der Waals surface area contributed by atoms with Crippen LogP contribution in [0.1, 0.15) is 43.4 Å². The number of methoxy groups -OCH3 is 1. The van der Waals surface area contributed by atoms with E-state index in [1.807, 2.05) is 31.2 Å². The Kier molecular flexibility index (Phi) is 4.69. The van der Waals surface area contributed by atoms with E-state index in [1.54, 1.807) is 7.11 Å². The number of ether oxygens (including phenoxy) is 1. The Morgan fingerprint density at radius 1 is 1.05 bits per heavy atom. The second-order valence-corrected chi connectivity index (χ2v) is 6.05. The summed E-state index contributed by atoms with van der Waals surface area (Å²) in [5, 5.41) is 10.8. The molecule has 112 valence electrons. The van der Waals surface area contributed by atoms with E-state index in [1.165, 1.54) is 5.56 Å². The van der Waals surface area contributed by atoms with Gasteiger partial charge in [-0.3, -0.25) is 0 Å². The van der Waals surface area contributed by atoms with Gasteiger partial charge in [-0.1, -0.05) is 56.3 Å². The fourth-order valence-electron chi connectivity index (χ4n) is 2.60. The smallest absolute Gasteiger partial charge is 0.124 e. The summed E-state index contributed by atoms with van der Waals surface area (Å²) in [6, 6.07) is 16.1. The molecule has 1 atom stereocenters. The van der Waals surface area contributed by atoms with Crippen molar-refractivity contribution in [1.82, 2.24) is 0 Å². The lowest BCUT2D eigenvalue weighted by molar-refractivity contribution is 0.0549. The van der Waals surface area contributed by atoms with Crippen molar-refractivity contribution in [2.24, 2.45) is 0 Å². The molecule has 2 rings (SSSR count). The van der Waals surface area contributed by atoms with Crippen molar-refractivity contribution in [3.8, 4) is 5.75 Å². The maximum atomic E-state index is 10.8. The van der Waals surface area contributed by atoms with Gasteiger partial charge in [0.1, 0.15) is 5.75 Å². The Morgan fingerprint density at radius 2 is 1.67 bits per heavy atom. The molecule has 2 aromatic rings. The quantitative estimate of drug-likeness (QED) is 0.888. The zero-order valence-electron chi connectivity index (χ0n) is 13.3. The summed E-state index contributed by atoms with van der Waals surface area (Å²) in [5.41, 5.74) is 2.30. The molecule has 0 saturated heterocycles. The zero-order valence-corrected chi connectivity index (χ0v) is 13.3. The third kappa shape index (κ3) is 3.64. The maximum absolute atomic E-state index is 10.8. The molecule has 0 aliphatic carbocycles. The highest BCUT2D eigenvalue weighted by Gasteiger charge is 2.26. The van der Waals surface area contributed by atoms with Crippen molar-refractivity contribution in [3.05, 3.63) is 65.2 Å². The molecule has 0 fully saturated rings. The van der Waals surface area contributed by atoms with E-state index in [-0.39, 0.29) is 0 Å². The lowest BCUT2D eigenvalue weighted by atomic mass is 9.88. The molecule has 0 aliphatic rings. The predicted molar refractivity (Wildman–Crippen MR) is 86.8 cm³/mol. The second kappa shape index (κ2) is 6.31. The van der Waals surface area contributed by atoms with Crippen LogP contribution in [0.5, 0.6) is 5.75 Å². The van der Waals surface area contributed by atoms with E-state index in [2.05, 4.69) is 38.1 Å². The Bertz CT molecular complexity index is 583. The Hall–Kier alpha value is -1.80. The molecule has 2 nitrogen and oxygen atoms in total. The number of rotatable bonds is 5. The lowest BCUT2D eigenvalue weighted by Gasteiger charge is -2.26. The monoisotopic (exact) mass is 284 g/mol. The SMILES string of the molecule is COc1ccccc1C(C)(O)Cc1ccc(C(C)C)cc1. The molecule has 0 radical (unpaired) electrons. The van der Waals surface area contributed by atoms with Gasteiger partial charge >= 0.3 is 0 Å². The van der Waals surface area contributed by atoms with E-state index >= 15 is 0 Å². The largest absolute Gasteiger partial charge is 0.496 e. The van der Waals surface area contributed by atoms with Crippen molar-refractivity contribution in [2.75, 3.05) is 7.11 Å². The molecule has 21 heavy (non-hydrogen) atoms. The van der Waals surface area contributed by atoms with E-state index in [9.17, 15) is 5.11 Å². The minimum Gasteiger partial charge on any atom is -0.496 e. The van der Waals surface area contributed by atoms with Crippen molar-refractivity contribution in [3.63, 3.8) is 0 Å². The summed E-state index contributed by atoms with van der Waals surface area (Å²) in [7, 11) is 1.63. The molecular weight excluding hydrogens is 260 g/mol. The van der Waals surface area contributed by atoms with Gasteiger partial charge < -0.3 is 9.84 Å². The summed E-state index contributed by atoms with van der Waals surface area (Å²) in [4.78, 5) is 0. The van der Waals surface area contributed by atoms with Crippen LogP contribution in [-0.4, -0.2) is 12.2 Å². The van der Waals surface area contributed by atoms with Crippen LogP contribution >= 0.6 is 0 Å². The van der Waals surface area contributed by atoms with Gasteiger partial charge in [0.05, 0.1) is 12.7 Å². The minimum absolute atomic E-state index is 0.522. The van der Waals surface area contributed by atoms with Crippen molar-refractivity contribution in [1.29, 1.82) is 0 Å². The van der Waals surface area contributed by atoms with E-state index in [4.69, 9.17) is 4.74 Å². The van der Waals surface area contributed by atoms with Crippen LogP contribution in [0.4, 0.5) is 0 Å². The highest BCUT2D eigenvalue weighted by atomic mass is 16.5. The predicted octanol–water partition coefficient (Wildman–Crippen LogP) is 4.27. The average Bonchev–Trinajstić information content (AvgIpc) is 2.47. The lowest BCUT2D eigenvalue weighted by Crippen LogP contribution is -2.25. The van der Waals surface area contributed by atoms with E-state index in [0.29, 0.717) is 12.3 Å². The molecule has 0 amide bonds. The van der Waals surface area contributed by atoms with Gasteiger partial charge in [-0.25, -0.2) is 0 Å². The molecule has 2 heteroatoms. The van der Waals surface area contributed by atoms with Crippen LogP contribution in [0.3, 0.4) is 0 Å². The molecular formula is C19H24O2. The topological polar surface area (TPSA) is 29.5 Å². The second-order valence-electron chi connectivity index (χ2n) is 6.05. The fraction of sp³-hybridized carbons (Fsp3) is 0.368. The molecule has 0 bridgehead atoms. The Labute approximate surface area is 127 Å². The average molecular weight is 284 g/mol. The fourth-order valence-corrected chi connectivity index (χ4v) is 2.60. The van der Waals surface area contributed by atoms with Gasteiger partial charge in [-0.05, 0) is 30.0 Å². The molecule has 0 heterocycles. The van der Waals surface area contributed by atoms with Crippen molar-refractivity contribution >= 4 is 0 Å². The molecule has 0 spiro atoms. The zero-order chi connectivity index (χ0) is 15.5. The minimum atomic E-state index is -0.952. The molecule has 0 aromatic heterocycles. The third-order valence-corrected chi connectivity index (χ3v) is 3.88. The number of benzene rings is 2. The van der Waals surface area contributed by atoms with Gasteiger partial charge in [0.15, 0.2) is 0 Å². The molecule has 0 aliphatic heterocycles. The standard InChI is InChI=1S/C19H24O2/c1-14(2)16-11-9-15(10-12-16)13-19(3,20)17-7-5-6-8-18(17)21-4/h5-12,14,20H,13H2,1-4H3. The van der Waals surface area contributed by atoms with Crippen LogP contribution in [0, 0.1) is 0 Å². The van der Waals surface area contributed by atoms with Gasteiger partial charge in [0, 0.05) is 12.0 Å². The summed E-state index contributed by atoms with van der Waals surface area (Å²) >= 11 is 0. The number of para-hydroxylation sites is 1. The molecule has 1 N–H and O–H groups in total. The van der Waals surface area contributed by atoms with Crippen LogP contribution in [0.2, 0.25) is 0 Å². The first kappa shape index (κ1) is 15.6. The molecule has 1 unspecified atom stereocenters. The van der Waals surface area contributed by atoms with Crippen LogP contribution < -0.4 is 4.74 Å². The van der Waals surface area contributed by atoms with Crippen LogP contribution in [0.25, 0.3) is 0 Å². The van der Waals surface area contributed by atoms with E-state index in [0.717, 1.165) is 16.9 Å². The van der Waals surface area contributed by atoms with E-state index < -0.39 is 5.60 Å². The highest BCUT2D eigenvalue weighted by molar-refractivity contribution is 5.39. The first-order valence-corrected chi connectivity index (χ1v) is 7.39. The summed E-state index contributed by atoms with van der Waals surface area (Å²) in [6.07, 6.45) is 0.561. The number of hydrogen-bond acceptors (Lipinski definition) is 2. The van der Waals surface area contributed by atoms with Gasteiger partial charge in [-0.2, -0.15) is 0 Å². The van der Waals surface area contributed by atoms with Crippen molar-refractivity contribution in [2.45, 2.75) is 38.7 Å². The summed E-state index contributed by atoms with van der Waals surface area (Å²) in [6.45, 7) is 6.20. The first-order valence-electron chi connectivity index (χ1n) is 7.39. The summed E-state index contributed by atoms with van der Waals surface area (Å²) in [5.74, 6) is 1.25. The van der Waals surface area contributed by atoms with Gasteiger partial charge in [-0.15, -0.1) is 0 Å². The Balaban J connectivity index is 2.24. The summed E-state index contributed by atoms with van der Waals surface area (Å²) < 4.78 is 5.36. The highest BCUT2D eigenvalue weighted by Crippen LogP contribution is 2.32. The first-order chi connectivity index (χ1) is 9.94. The van der Waals surface area contributed by atoms with Gasteiger partial charge in [0.2, 0.25) is 0 Å².